The van der Waals surface area contributed by atoms with E-state index < -0.39 is 0 Å². The maximum atomic E-state index is 11.9. The van der Waals surface area contributed by atoms with E-state index in [0.29, 0.717) is 11.3 Å². The van der Waals surface area contributed by atoms with Crippen LogP contribution in [0.2, 0.25) is 0 Å². The second-order valence-electron chi connectivity index (χ2n) is 4.97. The Hall–Kier alpha value is -2.95. The Bertz CT molecular complexity index is 809. The SMILES string of the molecule is O=C(CCC(=O)c1ccccc1)Nc1ccc2nc[nH]c2c1. The standard InChI is InChI=1S/C17H15N3O2/c21-16(12-4-2-1-3-5-12)8-9-17(22)20-13-6-7-14-15(10-13)19-11-18-14/h1-7,10-11H,8-9H2,(H,18,19)(H,20,22). The molecule has 1 heterocycles. The highest BCUT2D eigenvalue weighted by atomic mass is 16.2. The summed E-state index contributed by atoms with van der Waals surface area (Å²) < 4.78 is 0. The number of hydrogen-bond donors (Lipinski definition) is 2. The summed E-state index contributed by atoms with van der Waals surface area (Å²) in [4.78, 5) is 31.0. The Kier molecular flexibility index (Phi) is 3.96. The summed E-state index contributed by atoms with van der Waals surface area (Å²) in [5.41, 5.74) is 3.03. The summed E-state index contributed by atoms with van der Waals surface area (Å²) in [5, 5.41) is 2.79. The number of carbonyl (C=O) groups excluding carboxylic acids is 2. The van der Waals surface area contributed by atoms with Gasteiger partial charge in [-0.2, -0.15) is 0 Å². The molecule has 0 saturated heterocycles. The van der Waals surface area contributed by atoms with Crippen LogP contribution in [0.4, 0.5) is 5.69 Å². The molecule has 0 spiro atoms. The van der Waals surface area contributed by atoms with Gasteiger partial charge in [-0.1, -0.05) is 30.3 Å². The number of hydrogen-bond acceptors (Lipinski definition) is 3. The fraction of sp³-hybridized carbons (Fsp3) is 0.118. The van der Waals surface area contributed by atoms with E-state index in [9.17, 15) is 9.59 Å². The third-order valence-corrected chi connectivity index (χ3v) is 3.38. The van der Waals surface area contributed by atoms with Crippen LogP contribution in [0.25, 0.3) is 11.0 Å². The van der Waals surface area contributed by atoms with Crippen molar-refractivity contribution >= 4 is 28.4 Å². The molecule has 5 heteroatoms. The number of anilines is 1. The van der Waals surface area contributed by atoms with Crippen LogP contribution in [0.15, 0.2) is 54.9 Å². The molecule has 0 atom stereocenters. The van der Waals surface area contributed by atoms with E-state index >= 15 is 0 Å². The number of aromatic amines is 1. The van der Waals surface area contributed by atoms with E-state index in [-0.39, 0.29) is 24.5 Å². The van der Waals surface area contributed by atoms with Gasteiger partial charge in [-0.15, -0.1) is 0 Å². The number of Topliss-reactive ketones (excluding diaryl/α,β-unsaturated/α-hetero) is 1. The lowest BCUT2D eigenvalue weighted by Gasteiger charge is -2.05. The van der Waals surface area contributed by atoms with Crippen molar-refractivity contribution in [1.29, 1.82) is 0 Å². The van der Waals surface area contributed by atoms with Gasteiger partial charge >= 0.3 is 0 Å². The number of nitrogens with zero attached hydrogens (tertiary/aromatic N) is 1. The van der Waals surface area contributed by atoms with Gasteiger partial charge in [0.25, 0.3) is 0 Å². The molecule has 3 aromatic rings. The normalized spacial score (nSPS) is 10.5. The minimum atomic E-state index is -0.178. The second-order valence-corrected chi connectivity index (χ2v) is 4.97. The van der Waals surface area contributed by atoms with Crippen LogP contribution in [0.1, 0.15) is 23.2 Å². The van der Waals surface area contributed by atoms with Gasteiger partial charge in [0.2, 0.25) is 5.91 Å². The molecule has 0 aliphatic heterocycles. The molecule has 0 aliphatic rings. The van der Waals surface area contributed by atoms with Gasteiger partial charge in [-0.3, -0.25) is 9.59 Å². The van der Waals surface area contributed by atoms with Crippen molar-refractivity contribution in [2.24, 2.45) is 0 Å². The van der Waals surface area contributed by atoms with Gasteiger partial charge in [0.1, 0.15) is 0 Å². The average Bonchev–Trinajstić information content (AvgIpc) is 3.01. The number of benzene rings is 2. The second kappa shape index (κ2) is 6.22. The largest absolute Gasteiger partial charge is 0.345 e. The number of carbonyl (C=O) groups is 2. The van der Waals surface area contributed by atoms with Crippen molar-refractivity contribution < 1.29 is 9.59 Å². The molecule has 0 unspecified atom stereocenters. The molecule has 110 valence electrons. The first-order valence-corrected chi connectivity index (χ1v) is 7.03. The zero-order valence-electron chi connectivity index (χ0n) is 11.9. The van der Waals surface area contributed by atoms with Crippen molar-refractivity contribution in [3.8, 4) is 0 Å². The van der Waals surface area contributed by atoms with Crippen molar-refractivity contribution in [1.82, 2.24) is 9.97 Å². The molecule has 2 N–H and O–H groups in total. The minimum Gasteiger partial charge on any atom is -0.345 e. The van der Waals surface area contributed by atoms with Gasteiger partial charge < -0.3 is 10.3 Å². The summed E-state index contributed by atoms with van der Waals surface area (Å²) in [7, 11) is 0. The zero-order chi connectivity index (χ0) is 15.4. The van der Waals surface area contributed by atoms with Gasteiger partial charge in [0.15, 0.2) is 5.78 Å². The van der Waals surface area contributed by atoms with E-state index in [4.69, 9.17) is 0 Å². The topological polar surface area (TPSA) is 74.8 Å². The monoisotopic (exact) mass is 293 g/mol. The first-order valence-electron chi connectivity index (χ1n) is 7.03. The highest BCUT2D eigenvalue weighted by Gasteiger charge is 2.09. The minimum absolute atomic E-state index is 0.0280. The molecular weight excluding hydrogens is 278 g/mol. The molecule has 0 aliphatic carbocycles. The van der Waals surface area contributed by atoms with Gasteiger partial charge in [0.05, 0.1) is 17.4 Å². The van der Waals surface area contributed by atoms with E-state index in [1.165, 1.54) is 0 Å². The number of fused-ring (bicyclic) bond motifs is 1. The van der Waals surface area contributed by atoms with Crippen LogP contribution in [0.3, 0.4) is 0 Å². The van der Waals surface area contributed by atoms with Gasteiger partial charge in [-0.05, 0) is 18.2 Å². The Balaban J connectivity index is 1.57. The predicted molar refractivity (Wildman–Crippen MR) is 84.7 cm³/mol. The average molecular weight is 293 g/mol. The van der Waals surface area contributed by atoms with Crippen LogP contribution in [0, 0.1) is 0 Å². The van der Waals surface area contributed by atoms with Crippen LogP contribution in [0.5, 0.6) is 0 Å². The van der Waals surface area contributed by atoms with Crippen molar-refractivity contribution in [2.45, 2.75) is 12.8 Å². The van der Waals surface area contributed by atoms with Crippen LogP contribution in [-0.2, 0) is 4.79 Å². The number of amides is 1. The number of ketones is 1. The van der Waals surface area contributed by atoms with Crippen molar-refractivity contribution in [3.05, 3.63) is 60.4 Å². The molecule has 1 aromatic heterocycles. The molecule has 0 radical (unpaired) electrons. The van der Waals surface area contributed by atoms with Crippen LogP contribution >= 0.6 is 0 Å². The molecule has 0 bridgehead atoms. The number of aromatic nitrogens is 2. The Labute approximate surface area is 127 Å². The molecule has 5 nitrogen and oxygen atoms in total. The Morgan fingerprint density at radius 1 is 1.05 bits per heavy atom. The lowest BCUT2D eigenvalue weighted by molar-refractivity contribution is -0.116. The fourth-order valence-corrected chi connectivity index (χ4v) is 2.23. The molecule has 3 rings (SSSR count). The number of imidazole rings is 1. The summed E-state index contributed by atoms with van der Waals surface area (Å²) in [6.45, 7) is 0. The quantitative estimate of drug-likeness (QED) is 0.709. The highest BCUT2D eigenvalue weighted by Crippen LogP contribution is 2.16. The van der Waals surface area contributed by atoms with E-state index in [0.717, 1.165) is 11.0 Å². The van der Waals surface area contributed by atoms with E-state index in [1.54, 1.807) is 24.5 Å². The lowest BCUT2D eigenvalue weighted by atomic mass is 10.1. The molecular formula is C17H15N3O2. The number of nitrogens with one attached hydrogen (secondary N) is 2. The van der Waals surface area contributed by atoms with E-state index in [1.807, 2.05) is 30.3 Å². The van der Waals surface area contributed by atoms with Gasteiger partial charge in [-0.25, -0.2) is 4.98 Å². The highest BCUT2D eigenvalue weighted by molar-refractivity contribution is 6.00. The Morgan fingerprint density at radius 3 is 2.68 bits per heavy atom. The van der Waals surface area contributed by atoms with E-state index in [2.05, 4.69) is 15.3 Å². The predicted octanol–water partition coefficient (Wildman–Crippen LogP) is 3.16. The maximum absolute atomic E-state index is 11.9. The number of H-pyrrole nitrogens is 1. The lowest BCUT2D eigenvalue weighted by Crippen LogP contribution is -2.13. The third kappa shape index (κ3) is 3.20. The first-order chi connectivity index (χ1) is 10.7. The van der Waals surface area contributed by atoms with Crippen LogP contribution < -0.4 is 5.32 Å². The first kappa shape index (κ1) is 14.0. The molecule has 22 heavy (non-hydrogen) atoms. The van der Waals surface area contributed by atoms with Crippen molar-refractivity contribution in [3.63, 3.8) is 0 Å². The summed E-state index contributed by atoms with van der Waals surface area (Å²) >= 11 is 0. The summed E-state index contributed by atoms with van der Waals surface area (Å²) in [6, 6.07) is 14.4. The fourth-order valence-electron chi connectivity index (χ4n) is 2.23. The van der Waals surface area contributed by atoms with Gasteiger partial charge in [0, 0.05) is 24.1 Å². The van der Waals surface area contributed by atoms with Crippen LogP contribution in [-0.4, -0.2) is 21.7 Å². The zero-order valence-corrected chi connectivity index (χ0v) is 11.9. The Morgan fingerprint density at radius 2 is 1.86 bits per heavy atom. The molecule has 0 saturated carbocycles. The third-order valence-electron chi connectivity index (χ3n) is 3.38. The molecule has 2 aromatic carbocycles. The smallest absolute Gasteiger partial charge is 0.224 e. The molecule has 0 fully saturated rings. The summed E-state index contributed by atoms with van der Waals surface area (Å²) in [5.74, 6) is -0.206. The van der Waals surface area contributed by atoms with Crippen molar-refractivity contribution in [2.75, 3.05) is 5.32 Å². The maximum Gasteiger partial charge on any atom is 0.224 e. The number of rotatable bonds is 5. The molecule has 1 amide bonds. The summed E-state index contributed by atoms with van der Waals surface area (Å²) in [6.07, 6.45) is 1.96.